The highest BCUT2D eigenvalue weighted by molar-refractivity contribution is 6.63. The Morgan fingerprint density at radius 2 is 2.10 bits per heavy atom. The monoisotopic (exact) mass is 163 g/mol. The molecule has 0 bridgehead atoms. The maximum atomic E-state index is 10.8. The molecule has 58 valence electrons. The Labute approximate surface area is 64.7 Å². The van der Waals surface area contributed by atoms with Gasteiger partial charge in [-0.05, 0) is 18.5 Å². The van der Waals surface area contributed by atoms with Crippen LogP contribution in [-0.4, -0.2) is 17.2 Å². The molecule has 0 rings (SSSR count). The van der Waals surface area contributed by atoms with Crippen molar-refractivity contribution < 1.29 is 9.59 Å². The molecule has 1 N–H and O–H groups in total. The Balaban J connectivity index is 3.72. The largest absolute Gasteiger partial charge is 0.333 e. The first-order chi connectivity index (χ1) is 4.57. The molecule has 10 heavy (non-hydrogen) atoms. The van der Waals surface area contributed by atoms with Gasteiger partial charge in [0.2, 0.25) is 0 Å². The third kappa shape index (κ3) is 3.45. The molecule has 0 heterocycles. The topological polar surface area (TPSA) is 46.2 Å². The van der Waals surface area contributed by atoms with Crippen LogP contribution in [0, 0.1) is 0 Å². The standard InChI is InChI=1S/C6H10ClNO2/c1-3-5(9)4(2)8-6(7)10/h4H,3H2,1-2H3,(H,8,10). The summed E-state index contributed by atoms with van der Waals surface area (Å²) >= 11 is 4.97. The number of hydrogen-bond donors (Lipinski definition) is 1. The number of carbonyl (C=O) groups is 2. The van der Waals surface area contributed by atoms with Crippen molar-refractivity contribution in [2.24, 2.45) is 0 Å². The molecular formula is C6H10ClNO2. The van der Waals surface area contributed by atoms with Crippen LogP contribution in [0.1, 0.15) is 20.3 Å². The fourth-order valence-electron chi connectivity index (χ4n) is 0.557. The van der Waals surface area contributed by atoms with Gasteiger partial charge in [0.15, 0.2) is 5.78 Å². The van der Waals surface area contributed by atoms with Gasteiger partial charge >= 0.3 is 5.37 Å². The van der Waals surface area contributed by atoms with Crippen molar-refractivity contribution in [3.8, 4) is 0 Å². The molecule has 0 radical (unpaired) electrons. The summed E-state index contributed by atoms with van der Waals surface area (Å²) < 4.78 is 0. The van der Waals surface area contributed by atoms with Crippen molar-refractivity contribution in [3.05, 3.63) is 0 Å². The third-order valence-electron chi connectivity index (χ3n) is 1.16. The smallest absolute Gasteiger partial charge is 0.314 e. The molecule has 1 atom stereocenters. The second kappa shape index (κ2) is 4.28. The molecule has 0 aromatic heterocycles. The van der Waals surface area contributed by atoms with Crippen LogP contribution in [0.5, 0.6) is 0 Å². The molecule has 0 saturated carbocycles. The summed E-state index contributed by atoms with van der Waals surface area (Å²) in [4.78, 5) is 21.0. The van der Waals surface area contributed by atoms with E-state index in [9.17, 15) is 9.59 Å². The van der Waals surface area contributed by atoms with Crippen LogP contribution in [0.25, 0.3) is 0 Å². The van der Waals surface area contributed by atoms with E-state index in [0.29, 0.717) is 6.42 Å². The van der Waals surface area contributed by atoms with Crippen molar-refractivity contribution in [2.45, 2.75) is 26.3 Å². The van der Waals surface area contributed by atoms with Crippen molar-refractivity contribution in [1.29, 1.82) is 0 Å². The van der Waals surface area contributed by atoms with Gasteiger partial charge in [0.25, 0.3) is 0 Å². The van der Waals surface area contributed by atoms with E-state index in [0.717, 1.165) is 0 Å². The number of carbonyl (C=O) groups excluding carboxylic acids is 2. The number of halogens is 1. The molecule has 1 amide bonds. The van der Waals surface area contributed by atoms with Crippen LogP contribution in [0.15, 0.2) is 0 Å². The Kier molecular flexibility index (Phi) is 4.03. The lowest BCUT2D eigenvalue weighted by Gasteiger charge is -2.07. The quantitative estimate of drug-likeness (QED) is 0.504. The maximum absolute atomic E-state index is 10.8. The number of hydrogen-bond acceptors (Lipinski definition) is 2. The minimum absolute atomic E-state index is 0.0194. The summed E-state index contributed by atoms with van der Waals surface area (Å²) in [7, 11) is 0. The summed E-state index contributed by atoms with van der Waals surface area (Å²) in [6, 6.07) is -0.463. The van der Waals surface area contributed by atoms with Gasteiger partial charge in [0, 0.05) is 6.42 Å². The van der Waals surface area contributed by atoms with Crippen LogP contribution in [-0.2, 0) is 4.79 Å². The average Bonchev–Trinajstić information content (AvgIpc) is 1.85. The fraction of sp³-hybridized carbons (Fsp3) is 0.667. The van der Waals surface area contributed by atoms with Gasteiger partial charge in [0.1, 0.15) is 0 Å². The molecular weight excluding hydrogens is 154 g/mol. The van der Waals surface area contributed by atoms with Gasteiger partial charge in [-0.15, -0.1) is 0 Å². The molecule has 4 heteroatoms. The van der Waals surface area contributed by atoms with Gasteiger partial charge in [-0.3, -0.25) is 9.59 Å². The molecule has 0 spiro atoms. The van der Waals surface area contributed by atoms with Crippen molar-refractivity contribution in [1.82, 2.24) is 5.32 Å². The minimum Gasteiger partial charge on any atom is -0.333 e. The van der Waals surface area contributed by atoms with Crippen molar-refractivity contribution in [2.75, 3.05) is 0 Å². The predicted molar refractivity (Wildman–Crippen MR) is 39.1 cm³/mol. The number of rotatable bonds is 3. The first kappa shape index (κ1) is 9.43. The van der Waals surface area contributed by atoms with Gasteiger partial charge in [-0.25, -0.2) is 0 Å². The summed E-state index contributed by atoms with van der Waals surface area (Å²) in [5, 5.41) is 1.58. The highest BCUT2D eigenvalue weighted by Crippen LogP contribution is 1.91. The Morgan fingerprint density at radius 3 is 2.40 bits per heavy atom. The molecule has 0 fully saturated rings. The maximum Gasteiger partial charge on any atom is 0.314 e. The lowest BCUT2D eigenvalue weighted by Crippen LogP contribution is -2.34. The molecule has 0 aromatic carbocycles. The zero-order chi connectivity index (χ0) is 8.15. The molecule has 0 aromatic rings. The number of ketones is 1. The van der Waals surface area contributed by atoms with Crippen LogP contribution in [0.3, 0.4) is 0 Å². The average molecular weight is 164 g/mol. The first-order valence-electron chi connectivity index (χ1n) is 3.06. The van der Waals surface area contributed by atoms with Crippen LogP contribution < -0.4 is 5.32 Å². The van der Waals surface area contributed by atoms with Crippen LogP contribution in [0.4, 0.5) is 4.79 Å². The second-order valence-corrected chi connectivity index (χ2v) is 2.30. The molecule has 1 unspecified atom stereocenters. The van der Waals surface area contributed by atoms with Gasteiger partial charge in [-0.1, -0.05) is 6.92 Å². The normalized spacial score (nSPS) is 12.3. The van der Waals surface area contributed by atoms with Crippen LogP contribution in [0.2, 0.25) is 0 Å². The summed E-state index contributed by atoms with van der Waals surface area (Å²) in [6.07, 6.45) is 0.415. The van der Waals surface area contributed by atoms with E-state index in [-0.39, 0.29) is 5.78 Å². The van der Waals surface area contributed by atoms with Crippen molar-refractivity contribution in [3.63, 3.8) is 0 Å². The number of amides is 1. The molecule has 0 aliphatic carbocycles. The summed E-state index contributed by atoms with van der Waals surface area (Å²) in [5.74, 6) is -0.0194. The van der Waals surface area contributed by atoms with E-state index in [2.05, 4.69) is 5.32 Å². The van der Waals surface area contributed by atoms with E-state index in [1.165, 1.54) is 0 Å². The molecule has 0 aliphatic heterocycles. The first-order valence-corrected chi connectivity index (χ1v) is 3.44. The lowest BCUT2D eigenvalue weighted by atomic mass is 10.2. The van der Waals surface area contributed by atoms with Gasteiger partial charge < -0.3 is 5.32 Å². The lowest BCUT2D eigenvalue weighted by molar-refractivity contribution is -0.120. The van der Waals surface area contributed by atoms with Crippen molar-refractivity contribution >= 4 is 22.8 Å². The van der Waals surface area contributed by atoms with Gasteiger partial charge in [-0.2, -0.15) is 0 Å². The van der Waals surface area contributed by atoms with E-state index < -0.39 is 11.4 Å². The van der Waals surface area contributed by atoms with E-state index in [4.69, 9.17) is 11.6 Å². The van der Waals surface area contributed by atoms with Gasteiger partial charge in [0.05, 0.1) is 6.04 Å². The highest BCUT2D eigenvalue weighted by atomic mass is 35.5. The number of nitrogens with one attached hydrogen (secondary N) is 1. The summed E-state index contributed by atoms with van der Waals surface area (Å²) in [6.45, 7) is 3.34. The predicted octanol–water partition coefficient (Wildman–Crippen LogP) is 1.30. The molecule has 0 aliphatic rings. The van der Waals surface area contributed by atoms with E-state index >= 15 is 0 Å². The SMILES string of the molecule is CCC(=O)C(C)NC(=O)Cl. The molecule has 0 saturated heterocycles. The zero-order valence-electron chi connectivity index (χ0n) is 5.98. The second-order valence-electron chi connectivity index (χ2n) is 1.96. The Morgan fingerprint density at radius 1 is 1.60 bits per heavy atom. The number of Topliss-reactive ketones (excluding diaryl/α,β-unsaturated/α-hetero) is 1. The zero-order valence-corrected chi connectivity index (χ0v) is 6.73. The van der Waals surface area contributed by atoms with E-state index in [1.54, 1.807) is 13.8 Å². The summed E-state index contributed by atoms with van der Waals surface area (Å²) in [5.41, 5.74) is 0. The Hall–Kier alpha value is -0.570. The highest BCUT2D eigenvalue weighted by Gasteiger charge is 2.10. The fourth-order valence-corrected chi connectivity index (χ4v) is 0.721. The Bertz CT molecular complexity index is 147. The minimum atomic E-state index is -0.686. The van der Waals surface area contributed by atoms with Crippen LogP contribution >= 0.6 is 11.6 Å². The third-order valence-corrected chi connectivity index (χ3v) is 1.27. The molecule has 3 nitrogen and oxygen atoms in total. The van der Waals surface area contributed by atoms with E-state index in [1.807, 2.05) is 0 Å².